The number of allylic oxidation sites excluding steroid dienone is 1. The number of esters is 1. The lowest BCUT2D eigenvalue weighted by Gasteiger charge is -2.25. The van der Waals surface area contributed by atoms with E-state index in [0.717, 1.165) is 5.56 Å². The Morgan fingerprint density at radius 3 is 1.98 bits per heavy atom. The van der Waals surface area contributed by atoms with E-state index in [-0.39, 0.29) is 29.8 Å². The zero-order chi connectivity index (χ0) is 35.1. The van der Waals surface area contributed by atoms with Crippen LogP contribution in [0, 0.1) is 11.8 Å². The van der Waals surface area contributed by atoms with E-state index in [4.69, 9.17) is 9.47 Å². The van der Waals surface area contributed by atoms with Crippen molar-refractivity contribution in [2.45, 2.75) is 73.1 Å². The minimum atomic E-state index is -0.924. The van der Waals surface area contributed by atoms with E-state index >= 15 is 0 Å². The summed E-state index contributed by atoms with van der Waals surface area (Å²) in [5.74, 6) is -1.93. The fourth-order valence-electron chi connectivity index (χ4n) is 4.34. The maximum absolute atomic E-state index is 13.8. The predicted octanol–water partition coefficient (Wildman–Crippen LogP) is 5.58. The highest BCUT2D eigenvalue weighted by Gasteiger charge is 2.28. The van der Waals surface area contributed by atoms with Gasteiger partial charge in [-0.05, 0) is 56.2 Å². The lowest BCUT2D eigenvalue weighted by Crippen LogP contribution is -2.48. The summed E-state index contributed by atoms with van der Waals surface area (Å²) < 4.78 is 10.3. The summed E-state index contributed by atoms with van der Waals surface area (Å²) in [7, 11) is 1.24. The van der Waals surface area contributed by atoms with Crippen LogP contribution in [-0.4, -0.2) is 60.0 Å². The Balaban J connectivity index is 2.44. The fraction of sp³-hybridized carbons (Fsp3) is 0.417. The number of nitrogens with one attached hydrogen (secondary N) is 3. The molecule has 254 valence electrons. The number of hydrogen-bond donors (Lipinski definition) is 3. The Bertz CT molecular complexity index is 1430. The Kier molecular flexibility index (Phi) is 14.9. The van der Waals surface area contributed by atoms with E-state index in [0.29, 0.717) is 12.0 Å². The molecule has 0 spiro atoms. The van der Waals surface area contributed by atoms with E-state index in [9.17, 15) is 24.0 Å². The van der Waals surface area contributed by atoms with Gasteiger partial charge in [-0.1, -0.05) is 94.4 Å². The molecule has 0 heterocycles. The molecule has 0 aliphatic carbocycles. The van der Waals surface area contributed by atoms with Crippen LogP contribution in [0.4, 0.5) is 9.59 Å². The smallest absolute Gasteiger partial charge is 0.412 e. The van der Waals surface area contributed by atoms with Crippen LogP contribution in [0.5, 0.6) is 0 Å². The third-order valence-electron chi connectivity index (χ3n) is 6.37. The van der Waals surface area contributed by atoms with Gasteiger partial charge in [-0.25, -0.2) is 14.4 Å². The molecule has 2 aromatic carbocycles. The van der Waals surface area contributed by atoms with Crippen LogP contribution in [0.15, 0.2) is 78.1 Å². The van der Waals surface area contributed by atoms with Gasteiger partial charge in [-0.3, -0.25) is 14.9 Å². The number of rotatable bonds is 14. The summed E-state index contributed by atoms with van der Waals surface area (Å²) in [4.78, 5) is 67.4. The highest BCUT2D eigenvalue weighted by atomic mass is 16.6. The van der Waals surface area contributed by atoms with Crippen LogP contribution < -0.4 is 16.0 Å². The molecule has 4 amide bonds. The molecule has 2 rings (SSSR count). The quantitative estimate of drug-likeness (QED) is 0.179. The Morgan fingerprint density at radius 1 is 0.851 bits per heavy atom. The van der Waals surface area contributed by atoms with Crippen molar-refractivity contribution in [3.05, 3.63) is 89.3 Å². The molecule has 2 aromatic rings. The number of benzene rings is 2. The van der Waals surface area contributed by atoms with Gasteiger partial charge in [-0.15, -0.1) is 0 Å². The molecular formula is C36H48N4O7. The molecule has 0 bridgehead atoms. The number of amides is 4. The molecule has 3 N–H and O–H groups in total. The van der Waals surface area contributed by atoms with Gasteiger partial charge in [0.2, 0.25) is 0 Å². The summed E-state index contributed by atoms with van der Waals surface area (Å²) in [6, 6.07) is 16.3. The standard InChI is InChI=1S/C36H48N4O7/c1-24(2)19-29(32(42)37-30(20-25(3)4)33(43)46-8)38-34(44)40(22-27-17-13-10-14-18-27)23-31(41)28(21-26-15-11-9-12-16-26)39-35(45)47-36(5,6)7/h9-19,21,24-25,30H,20,22-23H2,1-8H3,(H,37,42)(H,38,44)(H,39,45)/b28-21+,29-19+. The van der Waals surface area contributed by atoms with E-state index in [1.165, 1.54) is 18.1 Å². The number of ether oxygens (including phenoxy) is 2. The molecule has 0 saturated carbocycles. The number of alkyl carbamates (subject to hydrolysis) is 1. The third-order valence-corrected chi connectivity index (χ3v) is 6.37. The van der Waals surface area contributed by atoms with Crippen molar-refractivity contribution in [1.29, 1.82) is 0 Å². The molecule has 0 aliphatic rings. The molecule has 47 heavy (non-hydrogen) atoms. The summed E-state index contributed by atoms with van der Waals surface area (Å²) in [6.07, 6.45) is 2.57. The lowest BCUT2D eigenvalue weighted by molar-refractivity contribution is -0.145. The molecule has 11 nitrogen and oxygen atoms in total. The van der Waals surface area contributed by atoms with Crippen molar-refractivity contribution in [3.63, 3.8) is 0 Å². The number of hydrogen-bond acceptors (Lipinski definition) is 7. The Morgan fingerprint density at radius 2 is 1.45 bits per heavy atom. The Labute approximate surface area is 277 Å². The average Bonchev–Trinajstić information content (AvgIpc) is 2.98. The van der Waals surface area contributed by atoms with Gasteiger partial charge in [0, 0.05) is 6.54 Å². The summed E-state index contributed by atoms with van der Waals surface area (Å²) in [5, 5.41) is 7.86. The summed E-state index contributed by atoms with van der Waals surface area (Å²) in [5.41, 5.74) is 0.394. The third kappa shape index (κ3) is 14.4. The number of carbonyl (C=O) groups is 5. The van der Waals surface area contributed by atoms with Crippen molar-refractivity contribution in [2.75, 3.05) is 13.7 Å². The van der Waals surface area contributed by atoms with Gasteiger partial charge in [0.05, 0.1) is 19.4 Å². The number of ketones is 1. The first-order chi connectivity index (χ1) is 22.1. The first-order valence-corrected chi connectivity index (χ1v) is 15.6. The van der Waals surface area contributed by atoms with Crippen molar-refractivity contribution < 1.29 is 33.4 Å². The fourth-order valence-corrected chi connectivity index (χ4v) is 4.34. The molecule has 1 atom stereocenters. The highest BCUT2D eigenvalue weighted by Crippen LogP contribution is 2.14. The second-order valence-electron chi connectivity index (χ2n) is 12.8. The van der Waals surface area contributed by atoms with Gasteiger partial charge in [0.25, 0.3) is 5.91 Å². The van der Waals surface area contributed by atoms with E-state index in [1.54, 1.807) is 75.4 Å². The number of carbonyl (C=O) groups excluding carboxylic acids is 5. The van der Waals surface area contributed by atoms with Crippen LogP contribution in [0.25, 0.3) is 6.08 Å². The number of methoxy groups -OCH3 is 1. The van der Waals surface area contributed by atoms with Crippen molar-refractivity contribution in [1.82, 2.24) is 20.9 Å². The highest BCUT2D eigenvalue weighted by molar-refractivity contribution is 6.05. The molecule has 0 radical (unpaired) electrons. The topological polar surface area (TPSA) is 143 Å². The van der Waals surface area contributed by atoms with Crippen LogP contribution in [0.2, 0.25) is 0 Å². The lowest BCUT2D eigenvalue weighted by atomic mass is 10.0. The van der Waals surface area contributed by atoms with Gasteiger partial charge in [-0.2, -0.15) is 0 Å². The van der Waals surface area contributed by atoms with Gasteiger partial charge in [0.1, 0.15) is 17.3 Å². The second kappa shape index (κ2) is 18.3. The molecule has 11 heteroatoms. The van der Waals surface area contributed by atoms with E-state index < -0.39 is 48.0 Å². The molecule has 0 fully saturated rings. The first-order valence-electron chi connectivity index (χ1n) is 15.6. The minimum absolute atomic E-state index is 0.0121. The molecular weight excluding hydrogens is 600 g/mol. The van der Waals surface area contributed by atoms with Gasteiger partial charge in [0.15, 0.2) is 5.78 Å². The monoisotopic (exact) mass is 648 g/mol. The summed E-state index contributed by atoms with van der Waals surface area (Å²) >= 11 is 0. The largest absolute Gasteiger partial charge is 0.467 e. The zero-order valence-electron chi connectivity index (χ0n) is 28.6. The van der Waals surface area contributed by atoms with Gasteiger partial charge >= 0.3 is 18.1 Å². The van der Waals surface area contributed by atoms with Crippen LogP contribution in [-0.2, 0) is 30.4 Å². The van der Waals surface area contributed by atoms with Crippen molar-refractivity contribution in [2.24, 2.45) is 11.8 Å². The van der Waals surface area contributed by atoms with E-state index in [2.05, 4.69) is 16.0 Å². The number of Topliss-reactive ketones (excluding diaryl/α,β-unsaturated/α-hetero) is 1. The van der Waals surface area contributed by atoms with Gasteiger partial charge < -0.3 is 25.0 Å². The number of urea groups is 1. The SMILES string of the molecule is COC(=O)C(CC(C)C)NC(=O)/C(=C\C(C)C)NC(=O)N(CC(=O)/C(=C\c1ccccc1)NC(=O)OC(C)(C)C)Cc1ccccc1. The van der Waals surface area contributed by atoms with Crippen molar-refractivity contribution >= 4 is 35.9 Å². The zero-order valence-corrected chi connectivity index (χ0v) is 28.6. The maximum Gasteiger partial charge on any atom is 0.412 e. The number of nitrogens with zero attached hydrogens (tertiary/aromatic N) is 1. The summed E-state index contributed by atoms with van der Waals surface area (Å²) in [6.45, 7) is 12.2. The predicted molar refractivity (Wildman–Crippen MR) is 181 cm³/mol. The van der Waals surface area contributed by atoms with Crippen molar-refractivity contribution in [3.8, 4) is 0 Å². The minimum Gasteiger partial charge on any atom is -0.467 e. The maximum atomic E-state index is 13.8. The van der Waals surface area contributed by atoms with Crippen LogP contribution >= 0.6 is 0 Å². The van der Waals surface area contributed by atoms with Crippen LogP contribution in [0.3, 0.4) is 0 Å². The second-order valence-corrected chi connectivity index (χ2v) is 12.8. The molecule has 0 aliphatic heterocycles. The first kappa shape index (κ1) is 38.3. The molecule has 0 aromatic heterocycles. The molecule has 0 saturated heterocycles. The normalized spacial score (nSPS) is 12.6. The Hall–Kier alpha value is -4.93. The van der Waals surface area contributed by atoms with E-state index in [1.807, 2.05) is 39.8 Å². The molecule has 1 unspecified atom stereocenters. The average molecular weight is 649 g/mol. The van der Waals surface area contributed by atoms with Crippen LogP contribution in [0.1, 0.15) is 66.0 Å².